The average Bonchev–Trinajstić information content (AvgIpc) is 2.57. The van der Waals surface area contributed by atoms with Crippen molar-refractivity contribution in [1.82, 2.24) is 4.90 Å². The molecular weight excluding hydrogens is 278 g/mol. The lowest BCUT2D eigenvalue weighted by Gasteiger charge is -2.34. The maximum absolute atomic E-state index is 12.1. The number of carbonyl (C=O) groups excluding carboxylic acids is 1. The van der Waals surface area contributed by atoms with Crippen molar-refractivity contribution in [2.45, 2.75) is 25.4 Å². The van der Waals surface area contributed by atoms with E-state index < -0.39 is 0 Å². The van der Waals surface area contributed by atoms with Crippen LogP contribution in [0.5, 0.6) is 0 Å². The summed E-state index contributed by atoms with van der Waals surface area (Å²) >= 11 is 0. The second-order valence-corrected chi connectivity index (χ2v) is 6.18. The second kappa shape index (κ2) is 7.11. The molecule has 1 aromatic rings. The molecule has 3 rings (SSSR count). The van der Waals surface area contributed by atoms with E-state index in [4.69, 9.17) is 4.74 Å². The van der Waals surface area contributed by atoms with Crippen molar-refractivity contribution in [1.29, 1.82) is 0 Å². The van der Waals surface area contributed by atoms with Gasteiger partial charge in [-0.1, -0.05) is 0 Å². The Hall–Kier alpha value is -1.59. The third-order valence-electron chi connectivity index (χ3n) is 4.48. The van der Waals surface area contributed by atoms with Crippen LogP contribution in [0.15, 0.2) is 24.3 Å². The standard InChI is InChI=1S/C17H25N3O2/c1-19-9-11-20(12-10-19)15-7-5-14(6-8-15)18-17(21)16-4-2-3-13-22-16/h5-8,16H,2-4,9-13H2,1H3,(H,18,21). The zero-order valence-corrected chi connectivity index (χ0v) is 13.3. The highest BCUT2D eigenvalue weighted by atomic mass is 16.5. The summed E-state index contributed by atoms with van der Waals surface area (Å²) in [4.78, 5) is 16.9. The molecular formula is C17H25N3O2. The van der Waals surface area contributed by atoms with Crippen LogP contribution in [0, 0.1) is 0 Å². The molecule has 1 atom stereocenters. The molecule has 2 saturated heterocycles. The highest BCUT2D eigenvalue weighted by Crippen LogP contribution is 2.20. The van der Waals surface area contributed by atoms with Gasteiger partial charge in [0, 0.05) is 44.2 Å². The van der Waals surface area contributed by atoms with Crippen LogP contribution >= 0.6 is 0 Å². The fourth-order valence-electron chi connectivity index (χ4n) is 2.99. The molecule has 120 valence electrons. The van der Waals surface area contributed by atoms with Crippen LogP contribution in [0.3, 0.4) is 0 Å². The smallest absolute Gasteiger partial charge is 0.253 e. The van der Waals surface area contributed by atoms with Gasteiger partial charge in [-0.25, -0.2) is 0 Å². The lowest BCUT2D eigenvalue weighted by molar-refractivity contribution is -0.129. The van der Waals surface area contributed by atoms with Gasteiger partial charge in [0.25, 0.3) is 5.91 Å². The van der Waals surface area contributed by atoms with Gasteiger partial charge in [0.05, 0.1) is 0 Å². The van der Waals surface area contributed by atoms with Crippen molar-refractivity contribution in [3.05, 3.63) is 24.3 Å². The first-order valence-electron chi connectivity index (χ1n) is 8.18. The van der Waals surface area contributed by atoms with Gasteiger partial charge in [-0.3, -0.25) is 4.79 Å². The molecule has 0 aromatic heterocycles. The predicted octanol–water partition coefficient (Wildman–Crippen LogP) is 1.95. The summed E-state index contributed by atoms with van der Waals surface area (Å²) in [5.74, 6) is -0.0213. The number of hydrogen-bond acceptors (Lipinski definition) is 4. The minimum Gasteiger partial charge on any atom is -0.369 e. The summed E-state index contributed by atoms with van der Waals surface area (Å²) in [6.07, 6.45) is 2.67. The number of amides is 1. The van der Waals surface area contributed by atoms with Gasteiger partial charge < -0.3 is 19.9 Å². The van der Waals surface area contributed by atoms with Crippen molar-refractivity contribution in [3.8, 4) is 0 Å². The fourth-order valence-corrected chi connectivity index (χ4v) is 2.99. The van der Waals surface area contributed by atoms with E-state index in [9.17, 15) is 4.79 Å². The van der Waals surface area contributed by atoms with Gasteiger partial charge in [0.15, 0.2) is 0 Å². The fraction of sp³-hybridized carbons (Fsp3) is 0.588. The number of nitrogens with zero attached hydrogens (tertiary/aromatic N) is 2. The number of ether oxygens (including phenoxy) is 1. The summed E-state index contributed by atoms with van der Waals surface area (Å²) in [5, 5.41) is 2.96. The normalized spacial score (nSPS) is 23.3. The lowest BCUT2D eigenvalue weighted by Crippen LogP contribution is -2.44. The first-order chi connectivity index (χ1) is 10.7. The Morgan fingerprint density at radius 1 is 1.14 bits per heavy atom. The molecule has 0 spiro atoms. The summed E-state index contributed by atoms with van der Waals surface area (Å²) in [6.45, 7) is 4.99. The van der Waals surface area contributed by atoms with Gasteiger partial charge in [-0.15, -0.1) is 0 Å². The molecule has 22 heavy (non-hydrogen) atoms. The van der Waals surface area contributed by atoms with Crippen LogP contribution in [-0.2, 0) is 9.53 Å². The molecule has 1 aromatic carbocycles. The van der Waals surface area contributed by atoms with Crippen LogP contribution in [0.2, 0.25) is 0 Å². The Morgan fingerprint density at radius 3 is 2.50 bits per heavy atom. The van der Waals surface area contributed by atoms with Crippen LogP contribution < -0.4 is 10.2 Å². The van der Waals surface area contributed by atoms with Crippen LogP contribution in [-0.4, -0.2) is 56.7 Å². The van der Waals surface area contributed by atoms with Crippen LogP contribution in [0.4, 0.5) is 11.4 Å². The van der Waals surface area contributed by atoms with Crippen molar-refractivity contribution < 1.29 is 9.53 Å². The van der Waals surface area contributed by atoms with Crippen LogP contribution in [0.25, 0.3) is 0 Å². The molecule has 5 heteroatoms. The van der Waals surface area contributed by atoms with E-state index in [1.165, 1.54) is 5.69 Å². The third kappa shape index (κ3) is 3.78. The van der Waals surface area contributed by atoms with Crippen molar-refractivity contribution in [3.63, 3.8) is 0 Å². The number of piperazine rings is 1. The molecule has 0 bridgehead atoms. The Morgan fingerprint density at radius 2 is 1.86 bits per heavy atom. The number of benzene rings is 1. The highest BCUT2D eigenvalue weighted by molar-refractivity contribution is 5.94. The molecule has 0 saturated carbocycles. The van der Waals surface area contributed by atoms with Gasteiger partial charge >= 0.3 is 0 Å². The van der Waals surface area contributed by atoms with Crippen molar-refractivity contribution in [2.24, 2.45) is 0 Å². The molecule has 5 nitrogen and oxygen atoms in total. The Balaban J connectivity index is 1.56. The number of carbonyl (C=O) groups is 1. The van der Waals surface area contributed by atoms with Gasteiger partial charge in [-0.2, -0.15) is 0 Å². The zero-order chi connectivity index (χ0) is 15.4. The maximum atomic E-state index is 12.1. The minimum atomic E-state index is -0.286. The number of hydrogen-bond donors (Lipinski definition) is 1. The third-order valence-corrected chi connectivity index (χ3v) is 4.48. The SMILES string of the molecule is CN1CCN(c2ccc(NC(=O)C3CCCCO3)cc2)CC1. The number of nitrogens with one attached hydrogen (secondary N) is 1. The van der Waals surface area contributed by atoms with E-state index in [2.05, 4.69) is 34.3 Å². The van der Waals surface area contributed by atoms with E-state index in [-0.39, 0.29) is 12.0 Å². The molecule has 1 unspecified atom stereocenters. The quantitative estimate of drug-likeness (QED) is 0.927. The molecule has 2 aliphatic rings. The summed E-state index contributed by atoms with van der Waals surface area (Å²) in [5.41, 5.74) is 2.07. The Labute approximate surface area is 132 Å². The van der Waals surface area contributed by atoms with E-state index >= 15 is 0 Å². The van der Waals surface area contributed by atoms with Crippen molar-refractivity contribution in [2.75, 3.05) is 50.1 Å². The average molecular weight is 303 g/mol. The largest absolute Gasteiger partial charge is 0.369 e. The summed E-state index contributed by atoms with van der Waals surface area (Å²) < 4.78 is 5.52. The molecule has 2 aliphatic heterocycles. The van der Waals surface area contributed by atoms with Gasteiger partial charge in [0.1, 0.15) is 6.10 Å². The molecule has 1 N–H and O–H groups in total. The van der Waals surface area contributed by atoms with Gasteiger partial charge in [-0.05, 0) is 50.6 Å². The first kappa shape index (κ1) is 15.3. The molecule has 0 radical (unpaired) electrons. The number of rotatable bonds is 3. The second-order valence-electron chi connectivity index (χ2n) is 6.18. The Kier molecular flexibility index (Phi) is 4.95. The first-order valence-corrected chi connectivity index (χ1v) is 8.18. The van der Waals surface area contributed by atoms with E-state index in [0.717, 1.165) is 51.1 Å². The van der Waals surface area contributed by atoms with E-state index in [0.29, 0.717) is 6.61 Å². The Bertz CT molecular complexity index is 489. The minimum absolute atomic E-state index is 0.0213. The summed E-state index contributed by atoms with van der Waals surface area (Å²) in [7, 11) is 2.16. The maximum Gasteiger partial charge on any atom is 0.253 e. The van der Waals surface area contributed by atoms with Crippen LogP contribution in [0.1, 0.15) is 19.3 Å². The topological polar surface area (TPSA) is 44.8 Å². The van der Waals surface area contributed by atoms with E-state index in [1.54, 1.807) is 0 Å². The number of anilines is 2. The van der Waals surface area contributed by atoms with E-state index in [1.807, 2.05) is 12.1 Å². The number of likely N-dealkylation sites (N-methyl/N-ethyl adjacent to an activating group) is 1. The predicted molar refractivity (Wildman–Crippen MR) is 88.4 cm³/mol. The monoisotopic (exact) mass is 303 g/mol. The molecule has 2 fully saturated rings. The lowest BCUT2D eigenvalue weighted by atomic mass is 10.1. The summed E-state index contributed by atoms with van der Waals surface area (Å²) in [6, 6.07) is 8.13. The zero-order valence-electron chi connectivity index (χ0n) is 13.3. The van der Waals surface area contributed by atoms with Gasteiger partial charge in [0.2, 0.25) is 0 Å². The molecule has 0 aliphatic carbocycles. The molecule has 2 heterocycles. The highest BCUT2D eigenvalue weighted by Gasteiger charge is 2.22. The van der Waals surface area contributed by atoms with Crippen molar-refractivity contribution >= 4 is 17.3 Å². The molecule has 1 amide bonds.